The Hall–Kier alpha value is -3.47. The van der Waals surface area contributed by atoms with Gasteiger partial charge in [0.25, 0.3) is 0 Å². The molecule has 0 aliphatic carbocycles. The molecule has 2 rings (SSSR count). The fourth-order valence-corrected chi connectivity index (χ4v) is 2.85. The summed E-state index contributed by atoms with van der Waals surface area (Å²) in [5.41, 5.74) is 6.63. The standard InChI is InChI=1S/C20H22N2O6/c1-4-26-16(23)10-15-18(20(24)27-5-2)17(14(11-21)19(22)28-15)12-6-8-13(25-3)9-7-12/h6-9,17H,4-5,10,22H2,1-3H3/t17-/m0/s1. The second-order valence-electron chi connectivity index (χ2n) is 5.74. The number of methoxy groups -OCH3 is 1. The summed E-state index contributed by atoms with van der Waals surface area (Å²) < 4.78 is 20.7. The lowest BCUT2D eigenvalue weighted by Crippen LogP contribution is -2.27. The molecule has 1 aromatic rings. The van der Waals surface area contributed by atoms with Gasteiger partial charge in [0, 0.05) is 0 Å². The van der Waals surface area contributed by atoms with Gasteiger partial charge in [-0.3, -0.25) is 4.79 Å². The predicted molar refractivity (Wildman–Crippen MR) is 98.6 cm³/mol. The first-order chi connectivity index (χ1) is 13.5. The average Bonchev–Trinajstić information content (AvgIpc) is 2.68. The van der Waals surface area contributed by atoms with Crippen LogP contribution in [0.25, 0.3) is 0 Å². The number of esters is 2. The van der Waals surface area contributed by atoms with Crippen LogP contribution in [0.5, 0.6) is 5.75 Å². The first-order valence-electron chi connectivity index (χ1n) is 8.74. The van der Waals surface area contributed by atoms with E-state index < -0.39 is 17.9 Å². The SMILES string of the molecule is CCOC(=O)CC1=C(C(=O)OCC)[C@@H](c2ccc(OC)cc2)C(C#N)=C(N)O1. The molecule has 8 nitrogen and oxygen atoms in total. The minimum Gasteiger partial charge on any atom is -0.497 e. The Kier molecular flexibility index (Phi) is 7.04. The molecule has 2 N–H and O–H groups in total. The maximum Gasteiger partial charge on any atom is 0.338 e. The van der Waals surface area contributed by atoms with Gasteiger partial charge in [-0.15, -0.1) is 0 Å². The maximum absolute atomic E-state index is 12.7. The van der Waals surface area contributed by atoms with Crippen molar-refractivity contribution in [3.05, 3.63) is 52.6 Å². The van der Waals surface area contributed by atoms with Crippen LogP contribution >= 0.6 is 0 Å². The summed E-state index contributed by atoms with van der Waals surface area (Å²) in [7, 11) is 1.53. The number of carbonyl (C=O) groups excluding carboxylic acids is 2. The number of ether oxygens (including phenoxy) is 4. The lowest BCUT2D eigenvalue weighted by molar-refractivity contribution is -0.143. The monoisotopic (exact) mass is 386 g/mol. The van der Waals surface area contributed by atoms with Crippen LogP contribution in [-0.2, 0) is 23.8 Å². The van der Waals surface area contributed by atoms with Crippen molar-refractivity contribution < 1.29 is 28.5 Å². The molecule has 148 valence electrons. The number of nitriles is 1. The van der Waals surface area contributed by atoms with Crippen LogP contribution in [0.4, 0.5) is 0 Å². The summed E-state index contributed by atoms with van der Waals surface area (Å²) in [5.74, 6) is -1.67. The summed E-state index contributed by atoms with van der Waals surface area (Å²) in [4.78, 5) is 24.7. The van der Waals surface area contributed by atoms with Gasteiger partial charge in [-0.2, -0.15) is 5.26 Å². The van der Waals surface area contributed by atoms with Crippen molar-refractivity contribution in [2.75, 3.05) is 20.3 Å². The highest BCUT2D eigenvalue weighted by Crippen LogP contribution is 2.41. The van der Waals surface area contributed by atoms with Crippen molar-refractivity contribution in [1.82, 2.24) is 0 Å². The highest BCUT2D eigenvalue weighted by Gasteiger charge is 2.38. The second-order valence-corrected chi connectivity index (χ2v) is 5.74. The van der Waals surface area contributed by atoms with Gasteiger partial charge in [0.05, 0.1) is 31.8 Å². The summed E-state index contributed by atoms with van der Waals surface area (Å²) in [6.07, 6.45) is -0.311. The van der Waals surface area contributed by atoms with Gasteiger partial charge >= 0.3 is 11.9 Å². The second kappa shape index (κ2) is 9.46. The molecular weight excluding hydrogens is 364 g/mol. The highest BCUT2D eigenvalue weighted by atomic mass is 16.5. The first-order valence-corrected chi connectivity index (χ1v) is 8.74. The third-order valence-electron chi connectivity index (χ3n) is 4.05. The van der Waals surface area contributed by atoms with Crippen LogP contribution in [0.15, 0.2) is 47.1 Å². The molecule has 28 heavy (non-hydrogen) atoms. The molecular formula is C20H22N2O6. The van der Waals surface area contributed by atoms with Gasteiger partial charge in [-0.05, 0) is 31.5 Å². The third-order valence-corrected chi connectivity index (χ3v) is 4.05. The molecule has 0 radical (unpaired) electrons. The topological polar surface area (TPSA) is 121 Å². The highest BCUT2D eigenvalue weighted by molar-refractivity contribution is 5.93. The summed E-state index contributed by atoms with van der Waals surface area (Å²) in [6, 6.07) is 8.81. The Morgan fingerprint density at radius 2 is 1.82 bits per heavy atom. The van der Waals surface area contributed by atoms with Gasteiger partial charge in [0.15, 0.2) is 0 Å². The number of benzene rings is 1. The van der Waals surface area contributed by atoms with E-state index in [0.29, 0.717) is 11.3 Å². The van der Waals surface area contributed by atoms with Crippen LogP contribution in [0, 0.1) is 11.3 Å². The molecule has 1 atom stereocenters. The van der Waals surface area contributed by atoms with Gasteiger partial charge in [0.1, 0.15) is 29.6 Å². The first kappa shape index (κ1) is 20.8. The zero-order chi connectivity index (χ0) is 20.7. The van der Waals surface area contributed by atoms with E-state index in [0.717, 1.165) is 0 Å². The van der Waals surface area contributed by atoms with E-state index >= 15 is 0 Å². The Labute approximate surface area is 163 Å². The normalized spacial score (nSPS) is 16.1. The van der Waals surface area contributed by atoms with E-state index in [1.807, 2.05) is 6.07 Å². The molecule has 0 spiro atoms. The molecule has 0 fully saturated rings. The van der Waals surface area contributed by atoms with Crippen molar-refractivity contribution in [3.63, 3.8) is 0 Å². The van der Waals surface area contributed by atoms with E-state index in [4.69, 9.17) is 24.7 Å². The Morgan fingerprint density at radius 1 is 1.18 bits per heavy atom. The fraction of sp³-hybridized carbons (Fsp3) is 0.350. The van der Waals surface area contributed by atoms with E-state index in [1.54, 1.807) is 38.1 Å². The van der Waals surface area contributed by atoms with Crippen LogP contribution in [0.2, 0.25) is 0 Å². The van der Waals surface area contributed by atoms with Crippen LogP contribution in [0.3, 0.4) is 0 Å². The zero-order valence-electron chi connectivity index (χ0n) is 16.0. The quantitative estimate of drug-likeness (QED) is 0.709. The third kappa shape index (κ3) is 4.43. The smallest absolute Gasteiger partial charge is 0.338 e. The molecule has 1 aromatic carbocycles. The van der Waals surface area contributed by atoms with E-state index in [2.05, 4.69) is 0 Å². The average molecular weight is 386 g/mol. The molecule has 1 aliphatic heterocycles. The summed E-state index contributed by atoms with van der Waals surface area (Å²) in [6.45, 7) is 3.62. The van der Waals surface area contributed by atoms with Crippen molar-refractivity contribution in [2.45, 2.75) is 26.2 Å². The lowest BCUT2D eigenvalue weighted by Gasteiger charge is -2.28. The predicted octanol–water partition coefficient (Wildman–Crippen LogP) is 2.27. The fourth-order valence-electron chi connectivity index (χ4n) is 2.85. The number of nitrogens with zero attached hydrogens (tertiary/aromatic N) is 1. The van der Waals surface area contributed by atoms with Crippen molar-refractivity contribution in [1.29, 1.82) is 5.26 Å². The van der Waals surface area contributed by atoms with Crippen molar-refractivity contribution >= 4 is 11.9 Å². The van der Waals surface area contributed by atoms with E-state index in [1.165, 1.54) is 7.11 Å². The van der Waals surface area contributed by atoms with Crippen LogP contribution < -0.4 is 10.5 Å². The van der Waals surface area contributed by atoms with Gasteiger partial charge in [-0.25, -0.2) is 4.79 Å². The molecule has 0 bridgehead atoms. The van der Waals surface area contributed by atoms with Gasteiger partial charge < -0.3 is 24.7 Å². The van der Waals surface area contributed by atoms with Crippen molar-refractivity contribution in [2.24, 2.45) is 5.73 Å². The summed E-state index contributed by atoms with van der Waals surface area (Å²) in [5, 5.41) is 9.62. The van der Waals surface area contributed by atoms with E-state index in [9.17, 15) is 14.9 Å². The number of hydrogen-bond acceptors (Lipinski definition) is 8. The number of carbonyl (C=O) groups is 2. The Morgan fingerprint density at radius 3 is 2.36 bits per heavy atom. The number of rotatable bonds is 7. The molecule has 0 saturated carbocycles. The number of nitrogens with two attached hydrogens (primary N) is 1. The largest absolute Gasteiger partial charge is 0.497 e. The molecule has 0 saturated heterocycles. The Balaban J connectivity index is 2.61. The van der Waals surface area contributed by atoms with Crippen LogP contribution in [-0.4, -0.2) is 32.3 Å². The van der Waals surface area contributed by atoms with Gasteiger partial charge in [0.2, 0.25) is 5.88 Å². The number of allylic oxidation sites excluding steroid dienone is 1. The van der Waals surface area contributed by atoms with Crippen LogP contribution in [0.1, 0.15) is 31.7 Å². The molecule has 0 amide bonds. The maximum atomic E-state index is 12.7. The molecule has 8 heteroatoms. The molecule has 0 unspecified atom stereocenters. The molecule has 1 heterocycles. The lowest BCUT2D eigenvalue weighted by atomic mass is 9.82. The molecule has 0 aromatic heterocycles. The van der Waals surface area contributed by atoms with E-state index in [-0.39, 0.29) is 42.4 Å². The molecule has 1 aliphatic rings. The minimum absolute atomic E-state index is 0.00854. The Bertz CT molecular complexity index is 848. The summed E-state index contributed by atoms with van der Waals surface area (Å²) >= 11 is 0. The number of hydrogen-bond donors (Lipinski definition) is 1. The van der Waals surface area contributed by atoms with Gasteiger partial charge in [-0.1, -0.05) is 12.1 Å². The zero-order valence-corrected chi connectivity index (χ0v) is 16.0. The minimum atomic E-state index is -0.840. The van der Waals surface area contributed by atoms with Crippen molar-refractivity contribution in [3.8, 4) is 11.8 Å².